The van der Waals surface area contributed by atoms with E-state index < -0.39 is 17.5 Å². The zero-order valence-electron chi connectivity index (χ0n) is 16.2. The van der Waals surface area contributed by atoms with E-state index in [9.17, 15) is 14.4 Å². The van der Waals surface area contributed by atoms with Gasteiger partial charge in [0.05, 0.1) is 0 Å². The van der Waals surface area contributed by atoms with Crippen LogP contribution in [0.15, 0.2) is 49.6 Å². The smallest absolute Gasteiger partial charge is 0.325 e. The largest absolute Gasteiger partial charge is 0.334 e. The summed E-state index contributed by atoms with van der Waals surface area (Å²) in [5.41, 5.74) is 0.652. The van der Waals surface area contributed by atoms with Gasteiger partial charge in [0.15, 0.2) is 0 Å². The van der Waals surface area contributed by atoms with Crippen LogP contribution in [0.1, 0.15) is 37.8 Å². The topological polar surface area (TPSA) is 69.7 Å². The van der Waals surface area contributed by atoms with Gasteiger partial charge >= 0.3 is 6.03 Å². The molecule has 0 aliphatic carbocycles. The molecule has 0 spiro atoms. The van der Waals surface area contributed by atoms with Crippen LogP contribution >= 0.6 is 0 Å². The van der Waals surface area contributed by atoms with Gasteiger partial charge in [0, 0.05) is 13.1 Å². The van der Waals surface area contributed by atoms with Crippen molar-refractivity contribution in [3.63, 3.8) is 0 Å². The first-order valence-electron chi connectivity index (χ1n) is 8.98. The highest BCUT2D eigenvalue weighted by molar-refractivity contribution is 6.09. The average molecular weight is 369 g/mol. The van der Waals surface area contributed by atoms with E-state index in [1.54, 1.807) is 19.1 Å². The molecule has 1 aliphatic heterocycles. The van der Waals surface area contributed by atoms with E-state index in [4.69, 9.17) is 0 Å². The molecule has 1 unspecified atom stereocenters. The van der Waals surface area contributed by atoms with E-state index in [0.29, 0.717) is 24.6 Å². The SMILES string of the molecule is C=CCN(CC=C)C(=O)CN1C(=O)NC(C)(c2ccc(C(C)C)cc2)C1=O. The normalized spacial score (nSPS) is 19.2. The summed E-state index contributed by atoms with van der Waals surface area (Å²) >= 11 is 0. The molecule has 0 bridgehead atoms. The third-order valence-corrected chi connectivity index (χ3v) is 4.77. The lowest BCUT2D eigenvalue weighted by molar-refractivity contribution is -0.138. The highest BCUT2D eigenvalue weighted by atomic mass is 16.2. The number of imide groups is 1. The molecule has 1 atom stereocenters. The molecule has 27 heavy (non-hydrogen) atoms. The van der Waals surface area contributed by atoms with E-state index in [0.717, 1.165) is 10.5 Å². The van der Waals surface area contributed by atoms with E-state index in [2.05, 4.69) is 32.3 Å². The second-order valence-corrected chi connectivity index (χ2v) is 7.10. The fourth-order valence-electron chi connectivity index (χ4n) is 3.06. The van der Waals surface area contributed by atoms with Crippen molar-refractivity contribution in [2.45, 2.75) is 32.2 Å². The molecule has 1 aliphatic rings. The number of rotatable bonds is 8. The van der Waals surface area contributed by atoms with Gasteiger partial charge in [-0.15, -0.1) is 13.2 Å². The Morgan fingerprint density at radius 3 is 2.22 bits per heavy atom. The van der Waals surface area contributed by atoms with Crippen molar-refractivity contribution in [3.05, 3.63) is 60.7 Å². The Bertz CT molecular complexity index is 744. The second kappa shape index (κ2) is 8.20. The maximum absolute atomic E-state index is 13.0. The van der Waals surface area contributed by atoms with Gasteiger partial charge in [-0.1, -0.05) is 50.3 Å². The third kappa shape index (κ3) is 4.10. The summed E-state index contributed by atoms with van der Waals surface area (Å²) in [5.74, 6) is -0.399. The molecule has 2 rings (SSSR count). The van der Waals surface area contributed by atoms with Gasteiger partial charge in [0.1, 0.15) is 12.1 Å². The quantitative estimate of drug-likeness (QED) is 0.566. The van der Waals surface area contributed by atoms with E-state index in [-0.39, 0.29) is 12.5 Å². The van der Waals surface area contributed by atoms with Crippen LogP contribution in [0.2, 0.25) is 0 Å². The van der Waals surface area contributed by atoms with Crippen molar-refractivity contribution in [3.8, 4) is 0 Å². The highest BCUT2D eigenvalue weighted by Gasteiger charge is 2.49. The number of hydrogen-bond donors (Lipinski definition) is 1. The standard InChI is InChI=1S/C21H27N3O3/c1-6-12-23(13-7-2)18(25)14-24-19(26)21(5,22-20(24)27)17-10-8-16(9-11-17)15(3)4/h6-11,15H,1-2,12-14H2,3-5H3,(H,22,27). The number of amides is 4. The monoisotopic (exact) mass is 369 g/mol. The molecule has 1 aromatic rings. The number of nitrogens with zero attached hydrogens (tertiary/aromatic N) is 2. The molecule has 144 valence electrons. The van der Waals surface area contributed by atoms with E-state index >= 15 is 0 Å². The summed E-state index contributed by atoms with van der Waals surface area (Å²) in [6.45, 7) is 13.4. The van der Waals surface area contributed by atoms with Crippen LogP contribution in [0.25, 0.3) is 0 Å². The molecule has 6 nitrogen and oxygen atoms in total. The zero-order valence-corrected chi connectivity index (χ0v) is 16.2. The lowest BCUT2D eigenvalue weighted by Crippen LogP contribution is -2.44. The van der Waals surface area contributed by atoms with Crippen LogP contribution in [-0.4, -0.2) is 47.3 Å². The van der Waals surface area contributed by atoms with Gasteiger partial charge in [-0.3, -0.25) is 14.5 Å². The fourth-order valence-corrected chi connectivity index (χ4v) is 3.06. The molecule has 0 saturated carbocycles. The lowest BCUT2D eigenvalue weighted by atomic mass is 9.90. The van der Waals surface area contributed by atoms with Crippen LogP contribution in [0, 0.1) is 0 Å². The van der Waals surface area contributed by atoms with Crippen LogP contribution < -0.4 is 5.32 Å². The van der Waals surface area contributed by atoms with Crippen molar-refractivity contribution in [2.24, 2.45) is 0 Å². The van der Waals surface area contributed by atoms with Gasteiger partial charge in [0.2, 0.25) is 5.91 Å². The Kier molecular flexibility index (Phi) is 6.20. The van der Waals surface area contributed by atoms with Crippen LogP contribution in [0.5, 0.6) is 0 Å². The van der Waals surface area contributed by atoms with Gasteiger partial charge in [0.25, 0.3) is 5.91 Å². The molecule has 1 N–H and O–H groups in total. The maximum atomic E-state index is 13.0. The molecule has 6 heteroatoms. The fraction of sp³-hybridized carbons (Fsp3) is 0.381. The first-order chi connectivity index (χ1) is 12.7. The summed E-state index contributed by atoms with van der Waals surface area (Å²) in [4.78, 5) is 40.3. The Balaban J connectivity index is 2.21. The van der Waals surface area contributed by atoms with Gasteiger partial charge < -0.3 is 10.2 Å². The maximum Gasteiger partial charge on any atom is 0.325 e. The van der Waals surface area contributed by atoms with Crippen molar-refractivity contribution < 1.29 is 14.4 Å². The summed E-state index contributed by atoms with van der Waals surface area (Å²) in [6.07, 6.45) is 3.18. The van der Waals surface area contributed by atoms with Gasteiger partial charge in [-0.2, -0.15) is 0 Å². The van der Waals surface area contributed by atoms with Gasteiger partial charge in [-0.05, 0) is 24.0 Å². The average Bonchev–Trinajstić information content (AvgIpc) is 2.85. The Morgan fingerprint density at radius 1 is 1.19 bits per heavy atom. The Hall–Kier alpha value is -2.89. The molecule has 1 aromatic carbocycles. The second-order valence-electron chi connectivity index (χ2n) is 7.10. The number of benzene rings is 1. The summed E-state index contributed by atoms with van der Waals surface area (Å²) < 4.78 is 0. The molecule has 1 heterocycles. The van der Waals surface area contributed by atoms with E-state index in [1.807, 2.05) is 24.3 Å². The van der Waals surface area contributed by atoms with Gasteiger partial charge in [-0.25, -0.2) is 4.79 Å². The summed E-state index contributed by atoms with van der Waals surface area (Å²) in [6, 6.07) is 7.03. The predicted molar refractivity (Wildman–Crippen MR) is 105 cm³/mol. The summed E-state index contributed by atoms with van der Waals surface area (Å²) in [7, 11) is 0. The molecule has 1 saturated heterocycles. The minimum Gasteiger partial charge on any atom is -0.334 e. The number of carbonyl (C=O) groups excluding carboxylic acids is 3. The Labute approximate surface area is 160 Å². The van der Waals surface area contributed by atoms with Crippen molar-refractivity contribution in [1.29, 1.82) is 0 Å². The Morgan fingerprint density at radius 2 is 1.74 bits per heavy atom. The third-order valence-electron chi connectivity index (χ3n) is 4.77. The molecule has 1 fully saturated rings. The first-order valence-corrected chi connectivity index (χ1v) is 8.98. The van der Waals surface area contributed by atoms with Crippen LogP contribution in [0.4, 0.5) is 4.79 Å². The number of hydrogen-bond acceptors (Lipinski definition) is 3. The molecule has 4 amide bonds. The number of urea groups is 1. The van der Waals surface area contributed by atoms with Crippen molar-refractivity contribution in [2.75, 3.05) is 19.6 Å². The molecular formula is C21H27N3O3. The number of nitrogens with one attached hydrogen (secondary N) is 1. The molecular weight excluding hydrogens is 342 g/mol. The predicted octanol–water partition coefficient (Wildman–Crippen LogP) is 2.78. The minimum atomic E-state index is -1.19. The first kappa shape index (κ1) is 20.4. The summed E-state index contributed by atoms with van der Waals surface area (Å²) in [5, 5.41) is 2.73. The van der Waals surface area contributed by atoms with Crippen molar-refractivity contribution in [1.82, 2.24) is 15.1 Å². The molecule has 0 radical (unpaired) electrons. The minimum absolute atomic E-state index is 0.313. The van der Waals surface area contributed by atoms with E-state index in [1.165, 1.54) is 4.90 Å². The number of carbonyl (C=O) groups is 3. The van der Waals surface area contributed by atoms with Crippen LogP contribution in [0.3, 0.4) is 0 Å². The highest BCUT2D eigenvalue weighted by Crippen LogP contribution is 2.30. The lowest BCUT2D eigenvalue weighted by Gasteiger charge is -2.24. The van der Waals surface area contributed by atoms with Crippen LogP contribution in [-0.2, 0) is 15.1 Å². The van der Waals surface area contributed by atoms with Crippen molar-refractivity contribution >= 4 is 17.8 Å². The molecule has 0 aromatic heterocycles. The zero-order chi connectivity index (χ0) is 20.2.